The highest BCUT2D eigenvalue weighted by Crippen LogP contribution is 2.28. The average Bonchev–Trinajstić information content (AvgIpc) is 3.39. The third-order valence-electron chi connectivity index (χ3n) is 4.15. The molecule has 0 spiro atoms. The number of benzene rings is 2. The van der Waals surface area contributed by atoms with Gasteiger partial charge in [0.25, 0.3) is 5.91 Å². The maximum atomic E-state index is 12.8. The first-order valence-corrected chi connectivity index (χ1v) is 9.22. The molecule has 0 unspecified atom stereocenters. The van der Waals surface area contributed by atoms with Gasteiger partial charge in [0.05, 0.1) is 13.3 Å². The van der Waals surface area contributed by atoms with Gasteiger partial charge in [-0.2, -0.15) is 9.78 Å². The van der Waals surface area contributed by atoms with Gasteiger partial charge in [-0.25, -0.2) is 10.1 Å². The molecule has 156 valence electrons. The Morgan fingerprint density at radius 2 is 2.10 bits per heavy atom. The van der Waals surface area contributed by atoms with Crippen molar-refractivity contribution in [1.82, 2.24) is 30.7 Å². The van der Waals surface area contributed by atoms with Crippen molar-refractivity contribution in [3.05, 3.63) is 64.8 Å². The van der Waals surface area contributed by atoms with Crippen LogP contribution in [0.5, 0.6) is 5.75 Å². The Kier molecular flexibility index (Phi) is 5.58. The number of hydrogen-bond acceptors (Lipinski definition) is 9. The predicted molar refractivity (Wildman–Crippen MR) is 112 cm³/mol. The third-order valence-corrected chi connectivity index (χ3v) is 4.39. The van der Waals surface area contributed by atoms with E-state index in [4.69, 9.17) is 22.1 Å². The van der Waals surface area contributed by atoms with E-state index in [1.807, 2.05) is 0 Å². The zero-order valence-corrected chi connectivity index (χ0v) is 16.8. The largest absolute Gasteiger partial charge is 0.497 e. The molecule has 2 aromatic heterocycles. The molecule has 1 amide bonds. The van der Waals surface area contributed by atoms with Gasteiger partial charge in [0.15, 0.2) is 5.69 Å². The average molecular weight is 439 g/mol. The summed E-state index contributed by atoms with van der Waals surface area (Å²) in [4.78, 5) is 12.8. The Morgan fingerprint density at radius 3 is 2.84 bits per heavy atom. The summed E-state index contributed by atoms with van der Waals surface area (Å²) in [5.41, 5.74) is 9.81. The van der Waals surface area contributed by atoms with Crippen LogP contribution >= 0.6 is 11.6 Å². The van der Waals surface area contributed by atoms with Crippen molar-refractivity contribution in [2.45, 2.75) is 0 Å². The van der Waals surface area contributed by atoms with E-state index in [-0.39, 0.29) is 17.3 Å². The molecule has 4 aromatic rings. The molecule has 0 saturated carbocycles. The third kappa shape index (κ3) is 4.21. The first-order valence-electron chi connectivity index (χ1n) is 8.84. The normalized spacial score (nSPS) is 11.0. The lowest BCUT2D eigenvalue weighted by Crippen LogP contribution is -2.19. The van der Waals surface area contributed by atoms with Crippen LogP contribution in [0.1, 0.15) is 16.1 Å². The monoisotopic (exact) mass is 438 g/mol. The van der Waals surface area contributed by atoms with Gasteiger partial charge in [0, 0.05) is 10.6 Å². The number of nitrogens with one attached hydrogen (secondary N) is 1. The zero-order chi connectivity index (χ0) is 21.8. The first kappa shape index (κ1) is 20.0. The summed E-state index contributed by atoms with van der Waals surface area (Å²) < 4.78 is 11.2. The lowest BCUT2D eigenvalue weighted by molar-refractivity contribution is 0.0950. The minimum Gasteiger partial charge on any atom is -0.497 e. The Hall–Kier alpha value is -4.25. The minimum absolute atomic E-state index is 0.0139. The van der Waals surface area contributed by atoms with Crippen LogP contribution in [0.25, 0.3) is 17.1 Å². The van der Waals surface area contributed by atoms with Gasteiger partial charge in [-0.1, -0.05) is 41.1 Å². The Balaban J connectivity index is 1.71. The number of ether oxygens (including phenoxy) is 1. The number of rotatable bonds is 6. The van der Waals surface area contributed by atoms with Crippen molar-refractivity contribution in [2.75, 3.05) is 12.8 Å². The van der Waals surface area contributed by atoms with Crippen molar-refractivity contribution < 1.29 is 14.2 Å². The summed E-state index contributed by atoms with van der Waals surface area (Å²) in [5, 5.41) is 19.8. The molecular formula is C19H15ClN8O3. The van der Waals surface area contributed by atoms with Crippen LogP contribution in [0.2, 0.25) is 5.02 Å². The Bertz CT molecular complexity index is 1270. The maximum Gasteiger partial charge on any atom is 0.294 e. The zero-order valence-electron chi connectivity index (χ0n) is 16.1. The van der Waals surface area contributed by atoms with Crippen LogP contribution in [0.15, 0.2) is 58.3 Å². The smallest absolute Gasteiger partial charge is 0.294 e. The van der Waals surface area contributed by atoms with Crippen molar-refractivity contribution in [2.24, 2.45) is 5.10 Å². The molecule has 0 atom stereocenters. The highest BCUT2D eigenvalue weighted by molar-refractivity contribution is 6.30. The number of nitrogen functional groups attached to an aromatic ring is 1. The van der Waals surface area contributed by atoms with Gasteiger partial charge in [0.1, 0.15) is 11.4 Å². The van der Waals surface area contributed by atoms with Gasteiger partial charge < -0.3 is 10.5 Å². The lowest BCUT2D eigenvalue weighted by atomic mass is 10.1. The molecule has 0 aliphatic rings. The van der Waals surface area contributed by atoms with Gasteiger partial charge in [0.2, 0.25) is 11.6 Å². The fourth-order valence-electron chi connectivity index (χ4n) is 2.76. The highest BCUT2D eigenvalue weighted by Gasteiger charge is 2.25. The Labute approximate surface area is 180 Å². The van der Waals surface area contributed by atoms with E-state index in [0.717, 1.165) is 0 Å². The molecule has 11 nitrogen and oxygen atoms in total. The number of hydrogen-bond donors (Lipinski definition) is 2. The van der Waals surface area contributed by atoms with Crippen molar-refractivity contribution in [3.8, 4) is 22.8 Å². The molecule has 4 rings (SSSR count). The van der Waals surface area contributed by atoms with Crippen molar-refractivity contribution in [3.63, 3.8) is 0 Å². The molecule has 0 aliphatic carbocycles. The van der Waals surface area contributed by atoms with E-state index in [1.54, 1.807) is 48.5 Å². The molecule has 0 aliphatic heterocycles. The maximum absolute atomic E-state index is 12.8. The molecule has 0 radical (unpaired) electrons. The van der Waals surface area contributed by atoms with Crippen LogP contribution in [0, 0.1) is 0 Å². The summed E-state index contributed by atoms with van der Waals surface area (Å²) in [6.45, 7) is 0. The number of nitrogens with zero attached hydrogens (tertiary/aromatic N) is 6. The van der Waals surface area contributed by atoms with Crippen LogP contribution in [-0.2, 0) is 0 Å². The standard InChI is InChI=1S/C19H15ClN8O3/c1-30-14-7-3-5-12(9-14)16-15(23-27-28(16)18-17(21)25-31-26-18)19(29)24-22-10-11-4-2-6-13(20)8-11/h2-10H,1H3,(H2,21,25)(H,24,29). The number of anilines is 1. The van der Waals surface area contributed by atoms with Crippen LogP contribution in [0.4, 0.5) is 5.82 Å². The lowest BCUT2D eigenvalue weighted by Gasteiger charge is -2.07. The fraction of sp³-hybridized carbons (Fsp3) is 0.0526. The van der Waals surface area contributed by atoms with E-state index < -0.39 is 5.91 Å². The second-order valence-corrected chi connectivity index (χ2v) is 6.59. The predicted octanol–water partition coefficient (Wildman–Crippen LogP) is 2.33. The van der Waals surface area contributed by atoms with Crippen LogP contribution < -0.4 is 15.9 Å². The van der Waals surface area contributed by atoms with Crippen LogP contribution in [0.3, 0.4) is 0 Å². The molecule has 0 fully saturated rings. The molecular weight excluding hydrogens is 424 g/mol. The minimum atomic E-state index is -0.600. The summed E-state index contributed by atoms with van der Waals surface area (Å²) in [6, 6.07) is 14.0. The number of methoxy groups -OCH3 is 1. The molecule has 2 heterocycles. The molecule has 0 bridgehead atoms. The quantitative estimate of drug-likeness (QED) is 0.344. The molecule has 0 saturated heterocycles. The summed E-state index contributed by atoms with van der Waals surface area (Å²) >= 11 is 5.95. The second kappa shape index (κ2) is 8.63. The van der Waals surface area contributed by atoms with E-state index in [9.17, 15) is 4.79 Å². The van der Waals surface area contributed by atoms with E-state index >= 15 is 0 Å². The summed E-state index contributed by atoms with van der Waals surface area (Å²) in [6.07, 6.45) is 1.46. The van der Waals surface area contributed by atoms with Gasteiger partial charge in [-0.15, -0.1) is 5.10 Å². The van der Waals surface area contributed by atoms with Crippen molar-refractivity contribution in [1.29, 1.82) is 0 Å². The molecule has 2 aromatic carbocycles. The highest BCUT2D eigenvalue weighted by atomic mass is 35.5. The molecule has 3 N–H and O–H groups in total. The molecule has 12 heteroatoms. The first-order chi connectivity index (χ1) is 15.1. The number of carbonyl (C=O) groups excluding carboxylic acids is 1. The van der Waals surface area contributed by atoms with Crippen molar-refractivity contribution >= 4 is 29.5 Å². The fourth-order valence-corrected chi connectivity index (χ4v) is 2.95. The van der Waals surface area contributed by atoms with E-state index in [0.29, 0.717) is 27.6 Å². The van der Waals surface area contributed by atoms with Gasteiger partial charge >= 0.3 is 0 Å². The number of aromatic nitrogens is 5. The van der Waals surface area contributed by atoms with E-state index in [1.165, 1.54) is 18.0 Å². The molecule has 31 heavy (non-hydrogen) atoms. The Morgan fingerprint density at radius 1 is 1.26 bits per heavy atom. The number of hydrazone groups is 1. The van der Waals surface area contributed by atoms with E-state index in [2.05, 4.69) is 35.8 Å². The number of halogens is 1. The summed E-state index contributed by atoms with van der Waals surface area (Å²) in [7, 11) is 1.53. The van der Waals surface area contributed by atoms with Gasteiger partial charge in [-0.05, 0) is 40.1 Å². The van der Waals surface area contributed by atoms with Crippen LogP contribution in [-0.4, -0.2) is 44.5 Å². The number of carbonyl (C=O) groups is 1. The number of amides is 1. The number of nitrogens with two attached hydrogens (primary N) is 1. The topological polar surface area (TPSA) is 146 Å². The summed E-state index contributed by atoms with van der Waals surface area (Å²) in [5.74, 6) is 0.0472. The SMILES string of the molecule is COc1cccc(-c2c(C(=O)NN=Cc3cccc(Cl)c3)nnn2-c2nonc2N)c1. The van der Waals surface area contributed by atoms with Gasteiger partial charge in [-0.3, -0.25) is 4.79 Å². The second-order valence-electron chi connectivity index (χ2n) is 6.16.